The molecule has 0 bridgehead atoms. The number of β-lactam (4-membered cyclic amide) rings is 1. The van der Waals surface area contributed by atoms with E-state index in [9.17, 15) is 27.9 Å². The van der Waals surface area contributed by atoms with E-state index in [0.717, 1.165) is 26.9 Å². The van der Waals surface area contributed by atoms with Crippen LogP contribution in [0.2, 0.25) is 0 Å². The number of carboxylic acid groups (broad SMARTS) is 1. The van der Waals surface area contributed by atoms with Crippen LogP contribution < -0.4 is 11.1 Å². The van der Waals surface area contributed by atoms with Crippen LogP contribution in [-0.4, -0.2) is 90.7 Å². The summed E-state index contributed by atoms with van der Waals surface area (Å²) in [5, 5.41) is 22.3. The number of thioether (sulfide) groups is 2. The predicted molar refractivity (Wildman–Crippen MR) is 134 cm³/mol. The molecule has 2 aromatic rings. The van der Waals surface area contributed by atoms with Crippen molar-refractivity contribution in [3.05, 3.63) is 46.7 Å². The number of methoxy groups -OCH3 is 1. The number of aromatic nitrogens is 4. The highest BCUT2D eigenvalue weighted by atomic mass is 32.2. The molecule has 0 radical (unpaired) electrons. The highest BCUT2D eigenvalue weighted by Gasteiger charge is 2.66. The zero-order chi connectivity index (χ0) is 27.7. The van der Waals surface area contributed by atoms with Crippen molar-refractivity contribution in [1.29, 1.82) is 0 Å². The van der Waals surface area contributed by atoms with E-state index in [0.29, 0.717) is 11.1 Å². The van der Waals surface area contributed by atoms with Gasteiger partial charge in [-0.2, -0.15) is 8.42 Å². The number of rotatable bonds is 11. The van der Waals surface area contributed by atoms with Crippen molar-refractivity contribution < 1.29 is 37.2 Å². The Labute approximate surface area is 224 Å². The first-order chi connectivity index (χ1) is 18.0. The Hall–Kier alpha value is -3.03. The number of carboxylic acids is 1. The molecule has 38 heavy (non-hydrogen) atoms. The SMILES string of the molecule is CO[C@@]1(NC(=O)Cc2ccccc2CN)C(=O)N2C(C(=O)O)=C(CSc3nnnn3CS(=O)(=O)O)CS[C@@H]21. The van der Waals surface area contributed by atoms with E-state index in [1.807, 2.05) is 0 Å². The van der Waals surface area contributed by atoms with Gasteiger partial charge in [0.2, 0.25) is 11.1 Å². The fourth-order valence-electron chi connectivity index (χ4n) is 4.09. The molecular weight excluding hydrogens is 562 g/mol. The molecule has 2 atom stereocenters. The summed E-state index contributed by atoms with van der Waals surface area (Å²) in [6.07, 6.45) is -0.0506. The number of aliphatic carboxylic acids is 1. The molecule has 0 aliphatic carbocycles. The summed E-state index contributed by atoms with van der Waals surface area (Å²) < 4.78 is 37.7. The van der Waals surface area contributed by atoms with Crippen molar-refractivity contribution in [3.63, 3.8) is 0 Å². The molecule has 1 aromatic heterocycles. The minimum absolute atomic E-state index is 0.0131. The maximum Gasteiger partial charge on any atom is 0.352 e. The first-order valence-electron chi connectivity index (χ1n) is 10.9. The molecule has 2 aliphatic rings. The van der Waals surface area contributed by atoms with Crippen molar-refractivity contribution in [2.75, 3.05) is 18.6 Å². The largest absolute Gasteiger partial charge is 0.477 e. The van der Waals surface area contributed by atoms with E-state index in [1.165, 1.54) is 18.9 Å². The van der Waals surface area contributed by atoms with Gasteiger partial charge in [0.25, 0.3) is 21.8 Å². The molecule has 1 aromatic carbocycles. The second kappa shape index (κ2) is 11.0. The average molecular weight is 586 g/mol. The van der Waals surface area contributed by atoms with Gasteiger partial charge in [0.1, 0.15) is 11.1 Å². The lowest BCUT2D eigenvalue weighted by molar-refractivity contribution is -0.192. The van der Waals surface area contributed by atoms with Gasteiger partial charge < -0.3 is 20.9 Å². The lowest BCUT2D eigenvalue weighted by atomic mass is 9.97. The number of ether oxygens (including phenoxy) is 1. The molecule has 4 rings (SSSR count). The molecule has 3 heterocycles. The Morgan fingerprint density at radius 1 is 1.34 bits per heavy atom. The third-order valence-corrected chi connectivity index (χ3v) is 8.80. The Kier molecular flexibility index (Phi) is 8.09. The normalized spacial score (nSPS) is 21.2. The van der Waals surface area contributed by atoms with Crippen LogP contribution in [0.3, 0.4) is 0 Å². The number of benzene rings is 1. The van der Waals surface area contributed by atoms with E-state index in [-0.39, 0.29) is 35.3 Å². The summed E-state index contributed by atoms with van der Waals surface area (Å²) in [4.78, 5) is 39.4. The van der Waals surface area contributed by atoms with Crippen LogP contribution in [0, 0.1) is 0 Å². The molecule has 0 spiro atoms. The molecule has 18 heteroatoms. The first-order valence-corrected chi connectivity index (χ1v) is 14.5. The van der Waals surface area contributed by atoms with Gasteiger partial charge in [0, 0.05) is 25.2 Å². The smallest absolute Gasteiger partial charge is 0.352 e. The zero-order valence-electron chi connectivity index (χ0n) is 19.8. The number of hydrogen-bond donors (Lipinski definition) is 4. The number of tetrazole rings is 1. The Morgan fingerprint density at radius 3 is 2.68 bits per heavy atom. The molecule has 2 amide bonds. The lowest BCUT2D eigenvalue weighted by Gasteiger charge is -2.55. The minimum atomic E-state index is -4.41. The number of nitrogens with one attached hydrogen (secondary N) is 1. The summed E-state index contributed by atoms with van der Waals surface area (Å²) in [5.41, 5.74) is 5.55. The zero-order valence-corrected chi connectivity index (χ0v) is 22.3. The Balaban J connectivity index is 1.52. The van der Waals surface area contributed by atoms with Crippen molar-refractivity contribution >= 4 is 51.4 Å². The van der Waals surface area contributed by atoms with Gasteiger partial charge in [0.15, 0.2) is 5.88 Å². The Bertz CT molecular complexity index is 1410. The number of nitrogens with two attached hydrogens (primary N) is 1. The van der Waals surface area contributed by atoms with Crippen LogP contribution >= 0.6 is 23.5 Å². The van der Waals surface area contributed by atoms with Crippen LogP contribution in [0.15, 0.2) is 40.7 Å². The molecular formula is C20H23N7O8S3. The summed E-state index contributed by atoms with van der Waals surface area (Å²) in [6, 6.07) is 7.13. The molecule has 2 aliphatic heterocycles. The van der Waals surface area contributed by atoms with Crippen molar-refractivity contribution in [2.24, 2.45) is 5.73 Å². The molecule has 15 nitrogen and oxygen atoms in total. The van der Waals surface area contributed by atoms with E-state index >= 15 is 0 Å². The van der Waals surface area contributed by atoms with E-state index in [2.05, 4.69) is 20.8 Å². The first kappa shape index (κ1) is 28.0. The summed E-state index contributed by atoms with van der Waals surface area (Å²) in [6.45, 7) is 0.236. The molecule has 204 valence electrons. The number of amides is 2. The molecule has 0 saturated carbocycles. The maximum absolute atomic E-state index is 13.3. The van der Waals surface area contributed by atoms with Crippen LogP contribution in [0.25, 0.3) is 0 Å². The molecule has 0 unspecified atom stereocenters. The van der Waals surface area contributed by atoms with Crippen LogP contribution in [0.4, 0.5) is 0 Å². The van der Waals surface area contributed by atoms with Gasteiger partial charge in [-0.15, -0.1) is 16.9 Å². The third-order valence-electron chi connectivity index (χ3n) is 5.81. The standard InChI is InChI=1S/C20H23N7O8S3/c1-35-20(22-14(28)6-11-4-2-3-5-12(11)7-21)17(31)27-15(16(29)30)13(8-36-18(20)27)9-37-19-23-24-25-26(19)10-38(32,33)34/h2-5,18H,6-10,21H2,1H3,(H,22,28)(H,29,30)(H,32,33,34)/t18-,20+/m1/s1. The van der Waals surface area contributed by atoms with E-state index in [4.69, 9.17) is 15.0 Å². The van der Waals surface area contributed by atoms with Crippen molar-refractivity contribution in [3.8, 4) is 0 Å². The summed E-state index contributed by atoms with van der Waals surface area (Å²) >= 11 is 2.14. The molecule has 5 N–H and O–H groups in total. The predicted octanol–water partition coefficient (Wildman–Crippen LogP) is -0.975. The van der Waals surface area contributed by atoms with Gasteiger partial charge in [-0.25, -0.2) is 9.48 Å². The van der Waals surface area contributed by atoms with Gasteiger partial charge >= 0.3 is 5.97 Å². The maximum atomic E-state index is 13.3. The highest BCUT2D eigenvalue weighted by molar-refractivity contribution is 8.01. The lowest BCUT2D eigenvalue weighted by Crippen LogP contribution is -2.80. The number of nitrogens with zero attached hydrogens (tertiary/aromatic N) is 5. The fraction of sp³-hybridized carbons (Fsp3) is 0.400. The topological polar surface area (TPSA) is 220 Å². The number of carbonyl (C=O) groups is 3. The quantitative estimate of drug-likeness (QED) is 0.108. The van der Waals surface area contributed by atoms with Gasteiger partial charge in [-0.05, 0) is 27.1 Å². The second-order valence-corrected chi connectivity index (χ2v) is 11.6. The number of carbonyl (C=O) groups excluding carboxylic acids is 2. The molecule has 1 saturated heterocycles. The molecule has 1 fully saturated rings. The number of hydrogen-bond acceptors (Lipinski definition) is 12. The highest BCUT2D eigenvalue weighted by Crippen LogP contribution is 2.47. The van der Waals surface area contributed by atoms with Crippen LogP contribution in [0.5, 0.6) is 0 Å². The van der Waals surface area contributed by atoms with Crippen molar-refractivity contribution in [1.82, 2.24) is 30.4 Å². The van der Waals surface area contributed by atoms with Gasteiger partial charge in [-0.3, -0.25) is 19.0 Å². The van der Waals surface area contributed by atoms with Crippen LogP contribution in [-0.2, 0) is 48.1 Å². The van der Waals surface area contributed by atoms with E-state index in [1.54, 1.807) is 24.3 Å². The average Bonchev–Trinajstić information content (AvgIpc) is 3.30. The fourth-order valence-corrected chi connectivity index (χ4v) is 7.11. The Morgan fingerprint density at radius 2 is 2.05 bits per heavy atom. The third kappa shape index (κ3) is 5.40. The van der Waals surface area contributed by atoms with Gasteiger partial charge in [0.05, 0.1) is 6.42 Å². The summed E-state index contributed by atoms with van der Waals surface area (Å²) in [5.74, 6) is -3.29. The minimum Gasteiger partial charge on any atom is -0.477 e. The van der Waals surface area contributed by atoms with Crippen LogP contribution in [0.1, 0.15) is 11.1 Å². The second-order valence-electron chi connectivity index (χ2n) is 8.19. The monoisotopic (exact) mass is 585 g/mol. The van der Waals surface area contributed by atoms with Crippen molar-refractivity contribution in [2.45, 2.75) is 35.1 Å². The number of fused-ring (bicyclic) bond motifs is 1. The van der Waals surface area contributed by atoms with Gasteiger partial charge in [-0.1, -0.05) is 36.0 Å². The summed E-state index contributed by atoms with van der Waals surface area (Å²) in [7, 11) is -3.15. The van der Waals surface area contributed by atoms with E-state index < -0.39 is 44.9 Å².